The topological polar surface area (TPSA) is 64.7 Å². The molecule has 0 radical (unpaired) electrons. The summed E-state index contributed by atoms with van der Waals surface area (Å²) in [6.07, 6.45) is 6.55. The second-order valence-electron chi connectivity index (χ2n) is 5.97. The van der Waals surface area contributed by atoms with E-state index in [2.05, 4.69) is 39.8 Å². The molecule has 1 N–H and O–H groups in total. The zero-order chi connectivity index (χ0) is 17.9. The molecule has 2 heterocycles. The van der Waals surface area contributed by atoms with Gasteiger partial charge in [0.1, 0.15) is 6.54 Å². The zero-order valence-corrected chi connectivity index (χ0v) is 14.6. The minimum atomic E-state index is -0.186. The molecule has 1 amide bonds. The lowest BCUT2D eigenvalue weighted by atomic mass is 10.0. The van der Waals surface area contributed by atoms with Gasteiger partial charge in [0.2, 0.25) is 5.91 Å². The molecule has 0 saturated heterocycles. The van der Waals surface area contributed by atoms with E-state index < -0.39 is 0 Å². The van der Waals surface area contributed by atoms with Gasteiger partial charge >= 0.3 is 0 Å². The smallest absolute Gasteiger partial charge is 0.246 e. The van der Waals surface area contributed by atoms with Gasteiger partial charge in [-0.05, 0) is 16.3 Å². The van der Waals surface area contributed by atoms with E-state index >= 15 is 0 Å². The Balaban J connectivity index is 1.45. The van der Waals surface area contributed by atoms with Crippen molar-refractivity contribution in [1.29, 1.82) is 0 Å². The summed E-state index contributed by atoms with van der Waals surface area (Å²) in [6.45, 7) is 0.729. The maximum atomic E-state index is 12.1. The normalized spacial score (nSPS) is 11.0. The fourth-order valence-corrected chi connectivity index (χ4v) is 3.05. The van der Waals surface area contributed by atoms with Crippen molar-refractivity contribution in [1.82, 2.24) is 19.6 Å². The van der Waals surface area contributed by atoms with Crippen LogP contribution in [0.2, 0.25) is 5.02 Å². The van der Waals surface area contributed by atoms with E-state index in [1.54, 1.807) is 12.4 Å². The molecule has 4 aromatic rings. The molecule has 0 spiro atoms. The lowest BCUT2D eigenvalue weighted by Crippen LogP contribution is -2.18. The highest BCUT2D eigenvalue weighted by Crippen LogP contribution is 2.19. The molecule has 26 heavy (non-hydrogen) atoms. The number of hydrogen-bond acceptors (Lipinski definition) is 3. The first-order valence-electron chi connectivity index (χ1n) is 8.14. The van der Waals surface area contributed by atoms with Crippen LogP contribution in [0.4, 0.5) is 5.69 Å². The first-order chi connectivity index (χ1) is 12.7. The standard InChI is InChI=1S/C19H16ClN5O/c20-16-8-21-25(11-16)13-19(26)23-17-9-22-24(12-17)10-15-6-3-5-14-4-1-2-7-18(14)15/h1-9,11-12H,10,13H2,(H,23,26). The molecule has 0 fully saturated rings. The van der Waals surface area contributed by atoms with Crippen molar-refractivity contribution >= 4 is 34.0 Å². The number of fused-ring (bicyclic) bond motifs is 1. The third kappa shape index (κ3) is 3.60. The Hall–Kier alpha value is -3.12. The first-order valence-corrected chi connectivity index (χ1v) is 8.52. The molecule has 6 nitrogen and oxygen atoms in total. The van der Waals surface area contributed by atoms with Gasteiger partial charge in [-0.25, -0.2) is 0 Å². The number of halogens is 1. The van der Waals surface area contributed by atoms with Crippen molar-refractivity contribution in [3.8, 4) is 0 Å². The highest BCUT2D eigenvalue weighted by atomic mass is 35.5. The summed E-state index contributed by atoms with van der Waals surface area (Å²) in [7, 11) is 0. The molecule has 0 unspecified atom stereocenters. The van der Waals surface area contributed by atoms with Crippen molar-refractivity contribution in [2.45, 2.75) is 13.1 Å². The van der Waals surface area contributed by atoms with Gasteiger partial charge in [0, 0.05) is 12.4 Å². The predicted molar refractivity (Wildman–Crippen MR) is 101 cm³/mol. The Bertz CT molecular complexity index is 1060. The average Bonchev–Trinajstić information content (AvgIpc) is 3.24. The van der Waals surface area contributed by atoms with Crippen LogP contribution in [0.5, 0.6) is 0 Å². The van der Waals surface area contributed by atoms with E-state index in [1.165, 1.54) is 27.2 Å². The summed E-state index contributed by atoms with van der Waals surface area (Å²) in [6, 6.07) is 14.5. The molecule has 2 aromatic carbocycles. The van der Waals surface area contributed by atoms with Crippen LogP contribution in [0.25, 0.3) is 10.8 Å². The molecule has 0 aliphatic rings. The SMILES string of the molecule is O=C(Cn1cc(Cl)cn1)Nc1cnn(Cc2cccc3ccccc23)c1. The van der Waals surface area contributed by atoms with Gasteiger partial charge < -0.3 is 5.32 Å². The molecule has 0 aliphatic carbocycles. The lowest BCUT2D eigenvalue weighted by Gasteiger charge is -2.06. The van der Waals surface area contributed by atoms with E-state index in [0.29, 0.717) is 17.3 Å². The number of nitrogens with one attached hydrogen (secondary N) is 1. The molecule has 4 rings (SSSR count). The quantitative estimate of drug-likeness (QED) is 0.588. The van der Waals surface area contributed by atoms with Crippen LogP contribution in [-0.2, 0) is 17.9 Å². The van der Waals surface area contributed by atoms with Crippen LogP contribution in [0.3, 0.4) is 0 Å². The van der Waals surface area contributed by atoms with Crippen molar-refractivity contribution in [3.63, 3.8) is 0 Å². The number of carbonyl (C=O) groups excluding carboxylic acids is 1. The minimum Gasteiger partial charge on any atom is -0.322 e. The van der Waals surface area contributed by atoms with E-state index in [4.69, 9.17) is 11.6 Å². The number of amides is 1. The van der Waals surface area contributed by atoms with E-state index in [9.17, 15) is 4.79 Å². The maximum absolute atomic E-state index is 12.1. The highest BCUT2D eigenvalue weighted by molar-refractivity contribution is 6.30. The fourth-order valence-electron chi connectivity index (χ4n) is 2.89. The Labute approximate surface area is 155 Å². The van der Waals surface area contributed by atoms with Crippen LogP contribution in [-0.4, -0.2) is 25.5 Å². The number of benzene rings is 2. The molecule has 0 saturated carbocycles. The zero-order valence-electron chi connectivity index (χ0n) is 13.8. The third-order valence-electron chi connectivity index (χ3n) is 4.04. The van der Waals surface area contributed by atoms with E-state index in [1.807, 2.05) is 29.1 Å². The summed E-state index contributed by atoms with van der Waals surface area (Å²) < 4.78 is 3.29. The van der Waals surface area contributed by atoms with Gasteiger partial charge in [0.25, 0.3) is 0 Å². The summed E-state index contributed by atoms with van der Waals surface area (Å²) in [5, 5.41) is 14.0. The third-order valence-corrected chi connectivity index (χ3v) is 4.23. The van der Waals surface area contributed by atoms with Crippen LogP contribution in [0.1, 0.15) is 5.56 Å². The second kappa shape index (κ2) is 7.01. The molecule has 7 heteroatoms. The number of rotatable bonds is 5. The van der Waals surface area contributed by atoms with Crippen LogP contribution >= 0.6 is 11.6 Å². The Kier molecular flexibility index (Phi) is 4.41. The average molecular weight is 366 g/mol. The summed E-state index contributed by atoms with van der Waals surface area (Å²) in [4.78, 5) is 12.1. The van der Waals surface area contributed by atoms with Crippen LogP contribution < -0.4 is 5.32 Å². The number of anilines is 1. The molecule has 0 atom stereocenters. The Morgan fingerprint density at radius 1 is 1.00 bits per heavy atom. The molecule has 2 aromatic heterocycles. The maximum Gasteiger partial charge on any atom is 0.246 e. The van der Waals surface area contributed by atoms with Gasteiger partial charge in [-0.15, -0.1) is 0 Å². The monoisotopic (exact) mass is 365 g/mol. The molecule has 130 valence electrons. The summed E-state index contributed by atoms with van der Waals surface area (Å²) in [5.41, 5.74) is 1.82. The first kappa shape index (κ1) is 16.4. The molecule has 0 aliphatic heterocycles. The van der Waals surface area contributed by atoms with Gasteiger partial charge in [-0.2, -0.15) is 10.2 Å². The number of aromatic nitrogens is 4. The number of carbonyl (C=O) groups is 1. The van der Waals surface area contributed by atoms with Crippen molar-refractivity contribution in [2.24, 2.45) is 0 Å². The minimum absolute atomic E-state index is 0.0984. The number of nitrogens with zero attached hydrogens (tertiary/aromatic N) is 4. The van der Waals surface area contributed by atoms with Gasteiger partial charge in [-0.3, -0.25) is 14.2 Å². The molecule has 0 bridgehead atoms. The predicted octanol–water partition coefficient (Wildman–Crippen LogP) is 3.57. The Morgan fingerprint density at radius 2 is 1.81 bits per heavy atom. The summed E-state index contributed by atoms with van der Waals surface area (Å²) >= 11 is 5.80. The molecular formula is C19H16ClN5O. The second-order valence-corrected chi connectivity index (χ2v) is 6.41. The Morgan fingerprint density at radius 3 is 2.65 bits per heavy atom. The fraction of sp³-hybridized carbons (Fsp3) is 0.105. The largest absolute Gasteiger partial charge is 0.322 e. The van der Waals surface area contributed by atoms with Crippen LogP contribution in [0.15, 0.2) is 67.3 Å². The van der Waals surface area contributed by atoms with Crippen molar-refractivity contribution in [2.75, 3.05) is 5.32 Å². The van der Waals surface area contributed by atoms with Gasteiger partial charge in [0.15, 0.2) is 0 Å². The highest BCUT2D eigenvalue weighted by Gasteiger charge is 2.08. The number of hydrogen-bond donors (Lipinski definition) is 1. The van der Waals surface area contributed by atoms with Crippen LogP contribution in [0, 0.1) is 0 Å². The lowest BCUT2D eigenvalue weighted by molar-refractivity contribution is -0.116. The summed E-state index contributed by atoms with van der Waals surface area (Å²) in [5.74, 6) is -0.186. The van der Waals surface area contributed by atoms with Gasteiger partial charge in [-0.1, -0.05) is 54.1 Å². The van der Waals surface area contributed by atoms with Crippen molar-refractivity contribution < 1.29 is 4.79 Å². The molecular weight excluding hydrogens is 350 g/mol. The van der Waals surface area contributed by atoms with Crippen molar-refractivity contribution in [3.05, 3.63) is 77.8 Å². The van der Waals surface area contributed by atoms with E-state index in [-0.39, 0.29) is 12.5 Å². The van der Waals surface area contributed by atoms with Gasteiger partial charge in [0.05, 0.1) is 29.6 Å². The van der Waals surface area contributed by atoms with E-state index in [0.717, 1.165) is 0 Å².